The molecule has 0 aliphatic carbocycles. The van der Waals surface area contributed by atoms with Gasteiger partial charge in [0.1, 0.15) is 0 Å². The summed E-state index contributed by atoms with van der Waals surface area (Å²) < 4.78 is 37.4. The third kappa shape index (κ3) is 3.20. The lowest BCUT2D eigenvalue weighted by Crippen LogP contribution is -2.35. The van der Waals surface area contributed by atoms with E-state index in [9.17, 15) is 13.2 Å². The molecule has 0 saturated carbocycles. The Bertz CT molecular complexity index is 379. The van der Waals surface area contributed by atoms with Crippen molar-refractivity contribution in [2.45, 2.75) is 22.9 Å². The first-order chi connectivity index (χ1) is 7.97. The molecule has 1 fully saturated rings. The van der Waals surface area contributed by atoms with E-state index < -0.39 is 12.0 Å². The Kier molecular flexibility index (Phi) is 3.74. The lowest BCUT2D eigenvalue weighted by Gasteiger charge is -2.31. The number of aromatic nitrogens is 2. The van der Waals surface area contributed by atoms with Crippen LogP contribution in [-0.2, 0) is 6.18 Å². The first kappa shape index (κ1) is 12.8. The summed E-state index contributed by atoms with van der Waals surface area (Å²) in [7, 11) is 0. The van der Waals surface area contributed by atoms with Crippen LogP contribution in [0.3, 0.4) is 0 Å². The molecule has 0 unspecified atom stereocenters. The van der Waals surface area contributed by atoms with Crippen molar-refractivity contribution in [3.63, 3.8) is 0 Å². The van der Waals surface area contributed by atoms with Crippen molar-refractivity contribution in [2.75, 3.05) is 18.0 Å². The van der Waals surface area contributed by atoms with E-state index in [1.54, 1.807) is 0 Å². The molecule has 0 bridgehead atoms. The van der Waals surface area contributed by atoms with E-state index >= 15 is 0 Å². The summed E-state index contributed by atoms with van der Waals surface area (Å²) in [5.74, 6) is -1.08. The number of halogens is 4. The number of anilines is 1. The predicted octanol–water partition coefficient (Wildman–Crippen LogP) is 2.90. The highest BCUT2D eigenvalue weighted by molar-refractivity contribution is 14.1. The smallest absolute Gasteiger partial charge is 0.368 e. The van der Waals surface area contributed by atoms with E-state index in [-0.39, 0.29) is 0 Å². The van der Waals surface area contributed by atoms with Crippen molar-refractivity contribution in [2.24, 2.45) is 0 Å². The van der Waals surface area contributed by atoms with Crippen molar-refractivity contribution in [1.82, 2.24) is 9.97 Å². The van der Waals surface area contributed by atoms with Crippen LogP contribution in [0.5, 0.6) is 0 Å². The third-order valence-electron chi connectivity index (χ3n) is 2.62. The van der Waals surface area contributed by atoms with Gasteiger partial charge < -0.3 is 4.90 Å². The van der Waals surface area contributed by atoms with Crippen LogP contribution >= 0.6 is 22.6 Å². The van der Waals surface area contributed by atoms with Crippen molar-refractivity contribution >= 4 is 28.3 Å². The predicted molar refractivity (Wildman–Crippen MR) is 66.3 cm³/mol. The molecule has 1 saturated heterocycles. The zero-order valence-electron chi connectivity index (χ0n) is 8.91. The number of hydrogen-bond donors (Lipinski definition) is 0. The highest BCUT2D eigenvalue weighted by Gasteiger charge is 2.34. The SMILES string of the molecule is FC(F)(F)c1ncc(N2CCC[C@H](I)C2)cn1. The highest BCUT2D eigenvalue weighted by Crippen LogP contribution is 2.27. The lowest BCUT2D eigenvalue weighted by atomic mass is 10.1. The molecule has 2 rings (SSSR count). The molecular formula is C10H11F3IN3. The Morgan fingerprint density at radius 1 is 1.29 bits per heavy atom. The molecule has 0 aromatic carbocycles. The summed E-state index contributed by atoms with van der Waals surface area (Å²) in [6, 6.07) is 0. The van der Waals surface area contributed by atoms with Crippen molar-refractivity contribution < 1.29 is 13.2 Å². The second-order valence-electron chi connectivity index (χ2n) is 3.95. The molecule has 0 spiro atoms. The number of rotatable bonds is 1. The fourth-order valence-electron chi connectivity index (χ4n) is 1.79. The number of piperidine rings is 1. The molecule has 0 amide bonds. The number of alkyl halides is 4. The van der Waals surface area contributed by atoms with Crippen LogP contribution < -0.4 is 4.90 Å². The average Bonchev–Trinajstić information content (AvgIpc) is 2.28. The normalized spacial score (nSPS) is 21.6. The summed E-state index contributed by atoms with van der Waals surface area (Å²) in [4.78, 5) is 8.77. The second-order valence-corrected chi connectivity index (χ2v) is 5.71. The van der Waals surface area contributed by atoms with E-state index in [4.69, 9.17) is 0 Å². The Balaban J connectivity index is 2.12. The van der Waals surface area contributed by atoms with Crippen LogP contribution in [0, 0.1) is 0 Å². The van der Waals surface area contributed by atoms with Gasteiger partial charge in [0.2, 0.25) is 5.82 Å². The van der Waals surface area contributed by atoms with Gasteiger partial charge in [-0.05, 0) is 12.8 Å². The summed E-state index contributed by atoms with van der Waals surface area (Å²) in [6.45, 7) is 1.70. The molecule has 1 atom stereocenters. The van der Waals surface area contributed by atoms with Crippen LogP contribution in [0.25, 0.3) is 0 Å². The minimum absolute atomic E-state index is 0.531. The van der Waals surface area contributed by atoms with Crippen LogP contribution in [0.4, 0.5) is 18.9 Å². The topological polar surface area (TPSA) is 29.0 Å². The van der Waals surface area contributed by atoms with Crippen LogP contribution in [0.2, 0.25) is 0 Å². The van der Waals surface area contributed by atoms with Gasteiger partial charge in [0.15, 0.2) is 0 Å². The maximum atomic E-state index is 12.3. The number of hydrogen-bond acceptors (Lipinski definition) is 3. The summed E-state index contributed by atoms with van der Waals surface area (Å²) in [5.41, 5.74) is 0.666. The Morgan fingerprint density at radius 2 is 1.94 bits per heavy atom. The molecule has 3 nitrogen and oxygen atoms in total. The quantitative estimate of drug-likeness (QED) is 0.572. The van der Waals surface area contributed by atoms with Gasteiger partial charge in [-0.3, -0.25) is 0 Å². The van der Waals surface area contributed by atoms with Gasteiger partial charge in [-0.1, -0.05) is 22.6 Å². The Labute approximate surface area is 111 Å². The van der Waals surface area contributed by atoms with Crippen LogP contribution in [-0.4, -0.2) is 27.0 Å². The number of nitrogens with zero attached hydrogens (tertiary/aromatic N) is 3. The van der Waals surface area contributed by atoms with Gasteiger partial charge >= 0.3 is 6.18 Å². The zero-order valence-corrected chi connectivity index (χ0v) is 11.1. The van der Waals surface area contributed by atoms with E-state index in [0.29, 0.717) is 9.61 Å². The minimum atomic E-state index is -4.47. The van der Waals surface area contributed by atoms with Crippen molar-refractivity contribution in [3.8, 4) is 0 Å². The molecular weight excluding hydrogens is 346 g/mol. The zero-order chi connectivity index (χ0) is 12.5. The van der Waals surface area contributed by atoms with Gasteiger partial charge in [0.05, 0.1) is 18.1 Å². The van der Waals surface area contributed by atoms with E-state index in [1.807, 2.05) is 4.90 Å². The van der Waals surface area contributed by atoms with Crippen molar-refractivity contribution in [1.29, 1.82) is 0 Å². The molecule has 1 aliphatic heterocycles. The molecule has 1 aromatic heterocycles. The molecule has 94 valence electrons. The molecule has 1 aromatic rings. The van der Waals surface area contributed by atoms with E-state index in [2.05, 4.69) is 32.6 Å². The van der Waals surface area contributed by atoms with Gasteiger partial charge in [-0.25, -0.2) is 9.97 Å². The van der Waals surface area contributed by atoms with Crippen LogP contribution in [0.15, 0.2) is 12.4 Å². The van der Waals surface area contributed by atoms with Crippen molar-refractivity contribution in [3.05, 3.63) is 18.2 Å². The Morgan fingerprint density at radius 3 is 2.47 bits per heavy atom. The molecule has 17 heavy (non-hydrogen) atoms. The summed E-state index contributed by atoms with van der Waals surface area (Å²) in [6.07, 6.45) is 0.244. The molecule has 1 aliphatic rings. The molecule has 0 radical (unpaired) electrons. The fourth-order valence-corrected chi connectivity index (χ4v) is 2.71. The van der Waals surface area contributed by atoms with E-state index in [0.717, 1.165) is 25.9 Å². The van der Waals surface area contributed by atoms with Gasteiger partial charge in [0, 0.05) is 17.0 Å². The van der Waals surface area contributed by atoms with E-state index in [1.165, 1.54) is 12.4 Å². The lowest BCUT2D eigenvalue weighted by molar-refractivity contribution is -0.144. The highest BCUT2D eigenvalue weighted by atomic mass is 127. The standard InChI is InChI=1S/C10H11F3IN3/c11-10(12,13)9-15-4-8(5-16-9)17-3-1-2-7(14)6-17/h4-5,7H,1-3,6H2/t7-/m0/s1. The fraction of sp³-hybridized carbons (Fsp3) is 0.600. The second kappa shape index (κ2) is 4.95. The Hall–Kier alpha value is -0.600. The first-order valence-corrected chi connectivity index (χ1v) is 6.49. The van der Waals surface area contributed by atoms with Gasteiger partial charge in [0.25, 0.3) is 0 Å². The largest absolute Gasteiger partial charge is 0.451 e. The monoisotopic (exact) mass is 357 g/mol. The van der Waals surface area contributed by atoms with Gasteiger partial charge in [-0.15, -0.1) is 0 Å². The van der Waals surface area contributed by atoms with Crippen LogP contribution in [0.1, 0.15) is 18.7 Å². The third-order valence-corrected chi connectivity index (χ3v) is 3.64. The molecule has 0 N–H and O–H groups in total. The first-order valence-electron chi connectivity index (χ1n) is 5.25. The minimum Gasteiger partial charge on any atom is -0.368 e. The molecule has 2 heterocycles. The summed E-state index contributed by atoms with van der Waals surface area (Å²) >= 11 is 2.36. The van der Waals surface area contributed by atoms with Gasteiger partial charge in [-0.2, -0.15) is 13.2 Å². The maximum absolute atomic E-state index is 12.3. The average molecular weight is 357 g/mol. The molecule has 7 heteroatoms. The summed E-state index contributed by atoms with van der Waals surface area (Å²) in [5, 5.41) is 0. The maximum Gasteiger partial charge on any atom is 0.451 e.